The van der Waals surface area contributed by atoms with E-state index in [-0.39, 0.29) is 12.3 Å². The molecule has 0 fully saturated rings. The minimum Gasteiger partial charge on any atom is -0.481 e. The number of H-pyrrole nitrogens is 1. The lowest BCUT2D eigenvalue weighted by molar-refractivity contribution is -0.136. The highest BCUT2D eigenvalue weighted by Gasteiger charge is 2.25. The number of hydrogen-bond donors (Lipinski definition) is 2. The molecular weight excluding hydrogens is 348 g/mol. The zero-order chi connectivity index (χ0) is 18.8. The second-order valence-corrected chi connectivity index (χ2v) is 6.35. The molecule has 0 aliphatic carbocycles. The average molecular weight is 366 g/mol. The van der Waals surface area contributed by atoms with Gasteiger partial charge in [-0.15, -0.1) is 0 Å². The molecule has 0 radical (unpaired) electrons. The van der Waals surface area contributed by atoms with Crippen LogP contribution in [0.3, 0.4) is 0 Å². The van der Waals surface area contributed by atoms with E-state index in [4.69, 9.17) is 5.11 Å². The molecule has 3 heterocycles. The summed E-state index contributed by atoms with van der Waals surface area (Å²) in [4.78, 5) is 29.8. The molecule has 2 aromatic heterocycles. The van der Waals surface area contributed by atoms with Gasteiger partial charge in [0.05, 0.1) is 36.5 Å². The molecule has 9 heteroatoms. The van der Waals surface area contributed by atoms with Crippen LogP contribution >= 0.6 is 0 Å². The molecule has 0 unspecified atom stereocenters. The first-order valence-corrected chi connectivity index (χ1v) is 8.63. The first-order chi connectivity index (χ1) is 13.1. The number of fused-ring (bicyclic) bond motifs is 1. The first-order valence-electron chi connectivity index (χ1n) is 8.63. The van der Waals surface area contributed by atoms with Gasteiger partial charge in [0.25, 0.3) is 5.91 Å². The number of hydrogen-bond acceptors (Lipinski definition) is 5. The zero-order valence-electron chi connectivity index (χ0n) is 14.5. The van der Waals surface area contributed by atoms with E-state index in [1.54, 1.807) is 11.0 Å². The molecule has 0 bridgehead atoms. The van der Waals surface area contributed by atoms with Gasteiger partial charge in [-0.25, -0.2) is 4.98 Å². The van der Waals surface area contributed by atoms with Gasteiger partial charge in [0.15, 0.2) is 5.82 Å². The Labute approximate surface area is 154 Å². The maximum absolute atomic E-state index is 13.1. The largest absolute Gasteiger partial charge is 0.481 e. The smallest absolute Gasteiger partial charge is 0.303 e. The number of carbonyl (C=O) groups excluding carboxylic acids is 1. The van der Waals surface area contributed by atoms with Gasteiger partial charge in [0, 0.05) is 18.5 Å². The Bertz CT molecular complexity index is 979. The van der Waals surface area contributed by atoms with Crippen LogP contribution in [-0.4, -0.2) is 53.4 Å². The highest BCUT2D eigenvalue weighted by molar-refractivity contribution is 6.00. The van der Waals surface area contributed by atoms with Crippen molar-refractivity contribution in [3.63, 3.8) is 0 Å². The zero-order valence-corrected chi connectivity index (χ0v) is 14.5. The van der Waals surface area contributed by atoms with E-state index in [9.17, 15) is 9.59 Å². The van der Waals surface area contributed by atoms with Crippen molar-refractivity contribution in [1.29, 1.82) is 0 Å². The summed E-state index contributed by atoms with van der Waals surface area (Å²) >= 11 is 0. The molecule has 0 spiro atoms. The Morgan fingerprint density at radius 3 is 2.85 bits per heavy atom. The van der Waals surface area contributed by atoms with E-state index >= 15 is 0 Å². The third kappa shape index (κ3) is 3.43. The van der Waals surface area contributed by atoms with Gasteiger partial charge < -0.3 is 10.0 Å². The number of carbonyl (C=O) groups is 2. The van der Waals surface area contributed by atoms with Gasteiger partial charge >= 0.3 is 5.97 Å². The molecule has 1 aromatic carbocycles. The van der Waals surface area contributed by atoms with Crippen molar-refractivity contribution in [2.45, 2.75) is 25.9 Å². The predicted octanol–water partition coefficient (Wildman–Crippen LogP) is 1.34. The predicted molar refractivity (Wildman–Crippen MR) is 94.7 cm³/mol. The topological polar surface area (TPSA) is 117 Å². The van der Waals surface area contributed by atoms with E-state index < -0.39 is 5.97 Å². The van der Waals surface area contributed by atoms with Crippen molar-refractivity contribution < 1.29 is 14.7 Å². The van der Waals surface area contributed by atoms with Crippen LogP contribution in [0.5, 0.6) is 0 Å². The van der Waals surface area contributed by atoms with Crippen molar-refractivity contribution in [3.8, 4) is 11.4 Å². The number of carboxylic acid groups (broad SMARTS) is 1. The molecule has 2 N–H and O–H groups in total. The molecule has 3 aromatic rings. The quantitative estimate of drug-likeness (QED) is 0.704. The number of aliphatic carboxylic acids is 1. The lowest BCUT2D eigenvalue weighted by atomic mass is 10.1. The number of aromatic amines is 1. The highest BCUT2D eigenvalue weighted by atomic mass is 16.4. The number of aromatic nitrogens is 5. The SMILES string of the molecule is O=C(O)CCc1cc2n(n1)CCN(C(=O)c1ccccc1-c1ncn[nH]1)C2. The number of amides is 1. The number of rotatable bonds is 5. The number of benzene rings is 1. The van der Waals surface area contributed by atoms with Crippen molar-refractivity contribution in [2.24, 2.45) is 0 Å². The van der Waals surface area contributed by atoms with Crippen LogP contribution in [0.2, 0.25) is 0 Å². The minimum atomic E-state index is -0.846. The lowest BCUT2D eigenvalue weighted by Gasteiger charge is -2.28. The molecule has 27 heavy (non-hydrogen) atoms. The van der Waals surface area contributed by atoms with Gasteiger partial charge in [-0.1, -0.05) is 18.2 Å². The van der Waals surface area contributed by atoms with E-state index in [2.05, 4.69) is 20.3 Å². The molecule has 0 saturated heterocycles. The summed E-state index contributed by atoms with van der Waals surface area (Å²) in [6, 6.07) is 9.18. The molecule has 0 atom stereocenters. The van der Waals surface area contributed by atoms with Crippen molar-refractivity contribution in [2.75, 3.05) is 6.54 Å². The van der Waals surface area contributed by atoms with Crippen LogP contribution in [-0.2, 0) is 24.3 Å². The Balaban J connectivity index is 1.54. The van der Waals surface area contributed by atoms with Crippen LogP contribution in [0.15, 0.2) is 36.7 Å². The third-order valence-corrected chi connectivity index (χ3v) is 4.56. The van der Waals surface area contributed by atoms with Crippen LogP contribution < -0.4 is 0 Å². The molecule has 1 amide bonds. The molecular formula is C18H18N6O3. The van der Waals surface area contributed by atoms with Crippen LogP contribution in [0, 0.1) is 0 Å². The number of nitrogens with one attached hydrogen (secondary N) is 1. The standard InChI is InChI=1S/C18H18N6O3/c25-16(26)6-5-12-9-13-10-23(7-8-24(13)22-12)18(27)15-4-2-1-3-14(15)17-19-11-20-21-17/h1-4,9,11H,5-8,10H2,(H,25,26)(H,19,20,21). The normalized spacial score (nSPS) is 13.4. The summed E-state index contributed by atoms with van der Waals surface area (Å²) < 4.78 is 1.85. The van der Waals surface area contributed by atoms with E-state index in [1.165, 1.54) is 6.33 Å². The van der Waals surface area contributed by atoms with Gasteiger partial charge in [0.1, 0.15) is 6.33 Å². The molecule has 9 nitrogen and oxygen atoms in total. The maximum atomic E-state index is 13.1. The first kappa shape index (κ1) is 17.0. The van der Waals surface area contributed by atoms with E-state index in [0.717, 1.165) is 11.4 Å². The monoisotopic (exact) mass is 366 g/mol. The summed E-state index contributed by atoms with van der Waals surface area (Å²) in [7, 11) is 0. The van der Waals surface area contributed by atoms with Crippen LogP contribution in [0.25, 0.3) is 11.4 Å². The average Bonchev–Trinajstić information content (AvgIpc) is 3.34. The maximum Gasteiger partial charge on any atom is 0.303 e. The fourth-order valence-electron chi connectivity index (χ4n) is 3.24. The molecule has 1 aliphatic rings. The Hall–Kier alpha value is -3.49. The summed E-state index contributed by atoms with van der Waals surface area (Å²) in [5.41, 5.74) is 2.92. The number of aryl methyl sites for hydroxylation is 1. The number of carboxylic acids is 1. The van der Waals surface area contributed by atoms with Gasteiger partial charge in [-0.05, 0) is 12.1 Å². The Kier molecular flexibility index (Phi) is 4.41. The summed E-state index contributed by atoms with van der Waals surface area (Å²) in [6.07, 6.45) is 1.84. The van der Waals surface area contributed by atoms with Crippen LogP contribution in [0.4, 0.5) is 0 Å². The Morgan fingerprint density at radius 1 is 1.22 bits per heavy atom. The molecule has 4 rings (SSSR count). The Morgan fingerprint density at radius 2 is 2.07 bits per heavy atom. The van der Waals surface area contributed by atoms with E-state index in [1.807, 2.05) is 28.9 Å². The van der Waals surface area contributed by atoms with Crippen molar-refractivity contribution in [3.05, 3.63) is 53.6 Å². The summed E-state index contributed by atoms with van der Waals surface area (Å²) in [6.45, 7) is 1.55. The highest BCUT2D eigenvalue weighted by Crippen LogP contribution is 2.23. The third-order valence-electron chi connectivity index (χ3n) is 4.56. The molecule has 138 valence electrons. The molecule has 0 saturated carbocycles. The van der Waals surface area contributed by atoms with E-state index in [0.29, 0.717) is 43.0 Å². The lowest BCUT2D eigenvalue weighted by Crippen LogP contribution is -2.38. The second-order valence-electron chi connectivity index (χ2n) is 6.35. The van der Waals surface area contributed by atoms with Gasteiger partial charge in [-0.3, -0.25) is 19.4 Å². The van der Waals surface area contributed by atoms with Crippen LogP contribution in [0.1, 0.15) is 28.2 Å². The fourth-order valence-corrected chi connectivity index (χ4v) is 3.24. The summed E-state index contributed by atoms with van der Waals surface area (Å²) in [5.74, 6) is -0.375. The van der Waals surface area contributed by atoms with Gasteiger partial charge in [-0.2, -0.15) is 10.2 Å². The molecule has 1 aliphatic heterocycles. The van der Waals surface area contributed by atoms with Crippen molar-refractivity contribution in [1.82, 2.24) is 29.9 Å². The fraction of sp³-hybridized carbons (Fsp3) is 0.278. The van der Waals surface area contributed by atoms with Crippen molar-refractivity contribution >= 4 is 11.9 Å². The van der Waals surface area contributed by atoms with Gasteiger partial charge in [0.2, 0.25) is 0 Å². The second kappa shape index (κ2) is 7.02. The summed E-state index contributed by atoms with van der Waals surface area (Å²) in [5, 5.41) is 19.9. The minimum absolute atomic E-state index is 0.0453. The number of nitrogens with zero attached hydrogens (tertiary/aromatic N) is 5.